The van der Waals surface area contributed by atoms with Gasteiger partial charge in [0.15, 0.2) is 0 Å². The number of hydrogen-bond acceptors (Lipinski definition) is 6. The number of nitrogens with two attached hydrogens (primary N) is 2. The van der Waals surface area contributed by atoms with E-state index in [1.807, 2.05) is 0 Å². The summed E-state index contributed by atoms with van der Waals surface area (Å²) in [5, 5.41) is 0. The number of nitrogen functional groups attached to an aromatic ring is 2. The van der Waals surface area contributed by atoms with Crippen LogP contribution in [0.1, 0.15) is 11.1 Å². The first-order valence-corrected chi connectivity index (χ1v) is 9.46. The van der Waals surface area contributed by atoms with Gasteiger partial charge in [-0.15, -0.1) is 0 Å². The Kier molecular flexibility index (Phi) is 6.34. The molecule has 8 nitrogen and oxygen atoms in total. The molecule has 0 spiro atoms. The minimum absolute atomic E-state index is 0. The predicted molar refractivity (Wildman–Crippen MR) is 95.6 cm³/mol. The van der Waals surface area contributed by atoms with E-state index in [1.165, 1.54) is 12.1 Å². The fourth-order valence-corrected chi connectivity index (χ4v) is 3.70. The molecule has 0 heterocycles. The summed E-state index contributed by atoms with van der Waals surface area (Å²) in [6.07, 6.45) is 0. The zero-order valence-electron chi connectivity index (χ0n) is 13.8. The maximum atomic E-state index is 11.7. The van der Waals surface area contributed by atoms with Gasteiger partial charge in [-0.2, -0.15) is 16.8 Å². The van der Waals surface area contributed by atoms with E-state index in [0.717, 1.165) is 12.1 Å². The molecule has 0 unspecified atom stereocenters. The third-order valence-electron chi connectivity index (χ3n) is 3.58. The van der Waals surface area contributed by atoms with Gasteiger partial charge in [-0.25, -0.2) is 0 Å². The van der Waals surface area contributed by atoms with Crippen LogP contribution in [0.15, 0.2) is 34.1 Å². The van der Waals surface area contributed by atoms with Crippen LogP contribution >= 0.6 is 0 Å². The zero-order valence-corrected chi connectivity index (χ0v) is 17.4. The van der Waals surface area contributed by atoms with E-state index in [-0.39, 0.29) is 52.1 Å². The average Bonchev–Trinajstić information content (AvgIpc) is 2.41. The summed E-state index contributed by atoms with van der Waals surface area (Å²) in [5.74, 6) is 0. The standard InChI is InChI=1S/C14H16N2O6S2.Na/c1-7-3-9(13(5-11(7)15)23(17,18)19)10-4-8(2)12(16)6-14(10)24(20,21)22;/h3-6H,15-16H2,1-2H3,(H,17,18,19)(H,20,21,22);. The molecule has 2 aromatic carbocycles. The molecule has 2 aromatic rings. The van der Waals surface area contributed by atoms with Crippen molar-refractivity contribution in [3.8, 4) is 11.1 Å². The maximum Gasteiger partial charge on any atom is 0.295 e. The topological polar surface area (TPSA) is 161 Å². The van der Waals surface area contributed by atoms with Crippen LogP contribution in [-0.4, -0.2) is 55.5 Å². The monoisotopic (exact) mass is 395 g/mol. The van der Waals surface area contributed by atoms with E-state index in [0.29, 0.717) is 11.1 Å². The Balaban J connectivity index is 0.00000312. The molecule has 0 aliphatic carbocycles. The molecule has 1 radical (unpaired) electrons. The van der Waals surface area contributed by atoms with E-state index < -0.39 is 30.0 Å². The van der Waals surface area contributed by atoms with E-state index in [4.69, 9.17) is 11.5 Å². The molecular weight excluding hydrogens is 379 g/mol. The summed E-state index contributed by atoms with van der Waals surface area (Å²) < 4.78 is 65.6. The molecule has 131 valence electrons. The van der Waals surface area contributed by atoms with Crippen LogP contribution in [0.4, 0.5) is 11.4 Å². The van der Waals surface area contributed by atoms with E-state index in [1.54, 1.807) is 13.8 Å². The molecule has 0 fully saturated rings. The molecule has 11 heteroatoms. The van der Waals surface area contributed by atoms with Gasteiger partial charge in [0.2, 0.25) is 0 Å². The summed E-state index contributed by atoms with van der Waals surface area (Å²) in [4.78, 5) is -1.14. The van der Waals surface area contributed by atoms with Gasteiger partial charge in [0.1, 0.15) is 9.79 Å². The van der Waals surface area contributed by atoms with Gasteiger partial charge in [-0.1, -0.05) is 0 Å². The van der Waals surface area contributed by atoms with Crippen molar-refractivity contribution in [3.05, 3.63) is 35.4 Å². The molecule has 25 heavy (non-hydrogen) atoms. The molecule has 0 atom stereocenters. The van der Waals surface area contributed by atoms with Gasteiger partial charge >= 0.3 is 0 Å². The normalized spacial score (nSPS) is 11.8. The van der Waals surface area contributed by atoms with Gasteiger partial charge in [0.05, 0.1) is 0 Å². The first-order valence-electron chi connectivity index (χ1n) is 6.58. The smallest absolute Gasteiger partial charge is 0.295 e. The first kappa shape index (κ1) is 21.9. The van der Waals surface area contributed by atoms with Gasteiger partial charge in [0.25, 0.3) is 20.2 Å². The molecule has 0 aromatic heterocycles. The Bertz CT molecular complexity index is 964. The van der Waals surface area contributed by atoms with Gasteiger partial charge in [-0.05, 0) is 49.2 Å². The second-order valence-corrected chi connectivity index (χ2v) is 8.14. The number of anilines is 2. The van der Waals surface area contributed by atoms with Crippen LogP contribution in [0.5, 0.6) is 0 Å². The molecule has 6 N–H and O–H groups in total. The van der Waals surface area contributed by atoms with Crippen LogP contribution in [-0.2, 0) is 20.2 Å². The van der Waals surface area contributed by atoms with Gasteiger partial charge in [-0.3, -0.25) is 9.11 Å². The van der Waals surface area contributed by atoms with Crippen molar-refractivity contribution in [2.45, 2.75) is 23.6 Å². The van der Waals surface area contributed by atoms with Gasteiger partial charge < -0.3 is 11.5 Å². The average molecular weight is 395 g/mol. The second-order valence-electron chi connectivity index (χ2n) is 5.36. The molecule has 2 rings (SSSR count). The predicted octanol–water partition coefficient (Wildman–Crippen LogP) is 1.25. The third-order valence-corrected chi connectivity index (χ3v) is 5.37. The first-order chi connectivity index (χ1) is 10.8. The molecular formula is C14H16N2NaO6S2. The quantitative estimate of drug-likeness (QED) is 0.343. The van der Waals surface area contributed by atoms with Crippen LogP contribution in [0.25, 0.3) is 11.1 Å². The molecule has 0 aliphatic heterocycles. The Hall–Kier alpha value is -1.14. The fraction of sp³-hybridized carbons (Fsp3) is 0.143. The van der Waals surface area contributed by atoms with Crippen molar-refractivity contribution >= 4 is 61.2 Å². The summed E-state index contributed by atoms with van der Waals surface area (Å²) in [6.45, 7) is 3.17. The number of hydrogen-bond donors (Lipinski definition) is 4. The van der Waals surface area contributed by atoms with E-state index >= 15 is 0 Å². The Morgan fingerprint density at radius 3 is 1.24 bits per heavy atom. The SMILES string of the molecule is Cc1cc(-c2cc(C)c(N)cc2S(=O)(=O)O)c(S(=O)(=O)O)cc1N.[Na]. The van der Waals surface area contributed by atoms with E-state index in [9.17, 15) is 25.9 Å². The summed E-state index contributed by atoms with van der Waals surface area (Å²) >= 11 is 0. The van der Waals surface area contributed by atoms with Crippen LogP contribution in [0.3, 0.4) is 0 Å². The largest absolute Gasteiger partial charge is 0.398 e. The van der Waals surface area contributed by atoms with Crippen LogP contribution in [0, 0.1) is 13.8 Å². The van der Waals surface area contributed by atoms with Crippen molar-refractivity contribution in [3.63, 3.8) is 0 Å². The second kappa shape index (κ2) is 7.23. The summed E-state index contributed by atoms with van der Waals surface area (Å²) in [5.41, 5.74) is 12.3. The van der Waals surface area contributed by atoms with Crippen molar-refractivity contribution in [2.24, 2.45) is 0 Å². The van der Waals surface area contributed by atoms with E-state index in [2.05, 4.69) is 0 Å². The van der Waals surface area contributed by atoms with Crippen LogP contribution < -0.4 is 11.5 Å². The van der Waals surface area contributed by atoms with Crippen molar-refractivity contribution < 1.29 is 25.9 Å². The Morgan fingerprint density at radius 2 is 1.00 bits per heavy atom. The molecule has 0 aliphatic rings. The minimum atomic E-state index is -4.69. The molecule has 0 saturated heterocycles. The Labute approximate surface area is 168 Å². The van der Waals surface area contributed by atoms with Crippen molar-refractivity contribution in [2.75, 3.05) is 11.5 Å². The number of rotatable bonds is 3. The third kappa shape index (κ3) is 4.53. The minimum Gasteiger partial charge on any atom is -0.398 e. The maximum absolute atomic E-state index is 11.7. The zero-order chi connectivity index (χ0) is 18.4. The molecule has 0 amide bonds. The fourth-order valence-electron chi connectivity index (χ4n) is 2.26. The molecule has 0 saturated carbocycles. The van der Waals surface area contributed by atoms with Crippen molar-refractivity contribution in [1.29, 1.82) is 0 Å². The van der Waals surface area contributed by atoms with Crippen molar-refractivity contribution in [1.82, 2.24) is 0 Å². The number of aryl methyl sites for hydroxylation is 2. The number of benzene rings is 2. The summed E-state index contributed by atoms with van der Waals surface area (Å²) in [6, 6.07) is 4.69. The van der Waals surface area contributed by atoms with Gasteiger partial charge in [0, 0.05) is 52.1 Å². The summed E-state index contributed by atoms with van der Waals surface area (Å²) in [7, 11) is -9.39. The van der Waals surface area contributed by atoms with Crippen LogP contribution in [0.2, 0.25) is 0 Å². The molecule has 0 bridgehead atoms. The Morgan fingerprint density at radius 1 is 0.720 bits per heavy atom.